The highest BCUT2D eigenvalue weighted by atomic mass is 19.1. The number of likely N-dealkylation sites (N-methyl/N-ethyl adjacent to an activating group) is 1. The molecule has 9 nitrogen and oxygen atoms in total. The number of hydrogen-bond acceptors (Lipinski definition) is 5. The molecule has 2 N–H and O–H groups in total. The summed E-state index contributed by atoms with van der Waals surface area (Å²) in [5.41, 5.74) is 4.89. The van der Waals surface area contributed by atoms with Crippen molar-refractivity contribution in [1.29, 1.82) is 0 Å². The first kappa shape index (κ1) is 28.7. The van der Waals surface area contributed by atoms with Crippen molar-refractivity contribution in [1.82, 2.24) is 29.4 Å². The average molecular weight is 575 g/mol. The maximum Gasteiger partial charge on any atom is 0.253 e. The molecule has 0 radical (unpaired) electrons. The van der Waals surface area contributed by atoms with Crippen LogP contribution in [0.15, 0.2) is 67.0 Å². The molecule has 0 spiro atoms. The molecule has 1 saturated carbocycles. The summed E-state index contributed by atoms with van der Waals surface area (Å²) in [6.45, 7) is 0.232. The minimum Gasteiger partial charge on any atom is -0.364 e. The molecule has 43 heavy (non-hydrogen) atoms. The molecule has 0 unspecified atom stereocenters. The average Bonchev–Trinajstić information content (AvgIpc) is 3.58. The van der Waals surface area contributed by atoms with E-state index in [0.717, 1.165) is 40.4 Å². The number of amides is 2. The van der Waals surface area contributed by atoms with Crippen molar-refractivity contribution >= 4 is 57.9 Å². The number of fused-ring (bicyclic) bond motifs is 2. The zero-order valence-corrected chi connectivity index (χ0v) is 25.1. The van der Waals surface area contributed by atoms with Crippen LogP contribution in [-0.4, -0.2) is 80.1 Å². The number of benzene rings is 2. The standard InChI is InChI=1S/C30H33B3FN7O2/c1-39(2)16-26(42)36-29-35-25-14-20(11-12-41(25)38-29)19-7-10-24-22(13-19)23(15-40(24)30(31,32)33)28(43)37-27(17-3-4-17)18-5-8-21(34)9-6-18/h5-15,17,27H,3-4,16,31-33H2,1-2H3,(H,37,43)(H,36,38,42)/t27-/m0/s1. The molecule has 0 aliphatic heterocycles. The van der Waals surface area contributed by atoms with Gasteiger partial charge in [-0.05, 0) is 91.2 Å². The maximum atomic E-state index is 13.9. The van der Waals surface area contributed by atoms with Gasteiger partial charge in [-0.2, -0.15) is 4.98 Å². The molecule has 3 heterocycles. The van der Waals surface area contributed by atoms with Gasteiger partial charge in [0.25, 0.3) is 5.91 Å². The number of pyridine rings is 1. The number of anilines is 1. The van der Waals surface area contributed by atoms with Crippen LogP contribution in [-0.2, 0) is 10.0 Å². The Morgan fingerprint density at radius 3 is 2.47 bits per heavy atom. The third kappa shape index (κ3) is 6.08. The lowest BCUT2D eigenvalue weighted by Gasteiger charge is -2.23. The van der Waals surface area contributed by atoms with Gasteiger partial charge >= 0.3 is 0 Å². The van der Waals surface area contributed by atoms with Gasteiger partial charge < -0.3 is 14.8 Å². The predicted molar refractivity (Wildman–Crippen MR) is 174 cm³/mol. The number of aromatic nitrogens is 4. The molecule has 216 valence electrons. The first-order valence-electron chi connectivity index (χ1n) is 14.5. The van der Waals surface area contributed by atoms with Crippen molar-refractivity contribution in [3.8, 4) is 11.1 Å². The van der Waals surface area contributed by atoms with Crippen molar-refractivity contribution in [3.63, 3.8) is 0 Å². The molecule has 1 aliphatic rings. The van der Waals surface area contributed by atoms with E-state index >= 15 is 0 Å². The van der Waals surface area contributed by atoms with E-state index in [1.807, 2.05) is 50.6 Å². The second kappa shape index (κ2) is 11.0. The van der Waals surface area contributed by atoms with Gasteiger partial charge in [0.2, 0.25) is 11.9 Å². The number of carbonyl (C=O) groups is 2. The summed E-state index contributed by atoms with van der Waals surface area (Å²) in [5.74, 6) is -0.0538. The molecule has 3 aromatic heterocycles. The first-order valence-corrected chi connectivity index (χ1v) is 14.5. The van der Waals surface area contributed by atoms with E-state index in [0.29, 0.717) is 17.1 Å². The summed E-state index contributed by atoms with van der Waals surface area (Å²) in [7, 11) is 9.98. The second-order valence-electron chi connectivity index (χ2n) is 12.6. The number of nitrogens with one attached hydrogen (secondary N) is 2. The molecule has 1 fully saturated rings. The van der Waals surface area contributed by atoms with Crippen LogP contribution in [0.4, 0.5) is 10.3 Å². The molecule has 2 aromatic carbocycles. The molecule has 5 aromatic rings. The molecule has 2 amide bonds. The zero-order valence-electron chi connectivity index (χ0n) is 25.1. The second-order valence-corrected chi connectivity index (χ2v) is 12.6. The van der Waals surface area contributed by atoms with Crippen LogP contribution in [0.3, 0.4) is 0 Å². The molecule has 0 saturated heterocycles. The molecule has 13 heteroatoms. The van der Waals surface area contributed by atoms with Crippen LogP contribution in [0.25, 0.3) is 27.7 Å². The van der Waals surface area contributed by atoms with Crippen molar-refractivity contribution in [2.24, 2.45) is 5.92 Å². The minimum atomic E-state index is -0.292. The molecule has 1 atom stereocenters. The highest BCUT2D eigenvalue weighted by Gasteiger charge is 2.34. The van der Waals surface area contributed by atoms with E-state index in [1.165, 1.54) is 12.1 Å². The van der Waals surface area contributed by atoms with Crippen LogP contribution in [0, 0.1) is 11.7 Å². The monoisotopic (exact) mass is 575 g/mol. The first-order chi connectivity index (χ1) is 20.5. The Hall–Kier alpha value is -4.38. The third-order valence-corrected chi connectivity index (χ3v) is 7.76. The van der Waals surface area contributed by atoms with Gasteiger partial charge in [-0.3, -0.25) is 14.9 Å². The highest BCUT2D eigenvalue weighted by molar-refractivity contribution is 6.57. The van der Waals surface area contributed by atoms with Gasteiger partial charge in [-0.1, -0.05) is 18.2 Å². The molecule has 1 aliphatic carbocycles. The predicted octanol–water partition coefficient (Wildman–Crippen LogP) is 1.34. The largest absolute Gasteiger partial charge is 0.364 e. The highest BCUT2D eigenvalue weighted by Crippen LogP contribution is 2.41. The Morgan fingerprint density at radius 2 is 1.79 bits per heavy atom. The van der Waals surface area contributed by atoms with Crippen molar-refractivity contribution in [2.45, 2.75) is 24.1 Å². The van der Waals surface area contributed by atoms with Crippen LogP contribution in [0.5, 0.6) is 0 Å². The van der Waals surface area contributed by atoms with E-state index in [4.69, 9.17) is 0 Å². The van der Waals surface area contributed by atoms with E-state index in [9.17, 15) is 14.0 Å². The molecule has 0 bridgehead atoms. The van der Waals surface area contributed by atoms with E-state index < -0.39 is 0 Å². The molecular weight excluding hydrogens is 542 g/mol. The Morgan fingerprint density at radius 1 is 1.07 bits per heavy atom. The summed E-state index contributed by atoms with van der Waals surface area (Å²) in [5, 5.41) is 11.0. The van der Waals surface area contributed by atoms with Gasteiger partial charge in [-0.25, -0.2) is 8.91 Å². The van der Waals surface area contributed by atoms with Gasteiger partial charge in [0.1, 0.15) is 29.4 Å². The third-order valence-electron chi connectivity index (χ3n) is 7.76. The molecular formula is C30H33B3FN7O2. The topological polar surface area (TPSA) is 96.6 Å². The maximum absolute atomic E-state index is 13.9. The van der Waals surface area contributed by atoms with Crippen LogP contribution < -0.4 is 10.6 Å². The number of rotatable bonds is 9. The van der Waals surface area contributed by atoms with Crippen LogP contribution >= 0.6 is 0 Å². The van der Waals surface area contributed by atoms with Crippen LogP contribution in [0.2, 0.25) is 0 Å². The normalized spacial score (nSPS) is 14.3. The smallest absolute Gasteiger partial charge is 0.253 e. The lowest BCUT2D eigenvalue weighted by atomic mass is 9.49. The minimum absolute atomic E-state index is 0.155. The van der Waals surface area contributed by atoms with Crippen LogP contribution in [0.1, 0.15) is 34.8 Å². The summed E-state index contributed by atoms with van der Waals surface area (Å²) >= 11 is 0. The number of halogens is 1. The van der Waals surface area contributed by atoms with Gasteiger partial charge in [0.05, 0.1) is 18.2 Å². The number of carbonyl (C=O) groups excluding carboxylic acids is 2. The Labute approximate surface area is 252 Å². The lowest BCUT2D eigenvalue weighted by Crippen LogP contribution is -2.34. The Kier molecular flexibility index (Phi) is 7.37. The zero-order chi connectivity index (χ0) is 30.5. The van der Waals surface area contributed by atoms with E-state index in [2.05, 4.69) is 48.8 Å². The summed E-state index contributed by atoms with van der Waals surface area (Å²) in [6, 6.07) is 16.2. The number of nitrogens with zero attached hydrogens (tertiary/aromatic N) is 5. The van der Waals surface area contributed by atoms with Gasteiger partial charge in [0.15, 0.2) is 5.65 Å². The summed E-state index contributed by atoms with van der Waals surface area (Å²) < 4.78 is 17.4. The van der Waals surface area contributed by atoms with Gasteiger partial charge in [-0.15, -0.1) is 5.10 Å². The molecule has 6 rings (SSSR count). The van der Waals surface area contributed by atoms with Crippen molar-refractivity contribution in [3.05, 3.63) is 83.9 Å². The van der Waals surface area contributed by atoms with E-state index in [1.54, 1.807) is 27.7 Å². The van der Waals surface area contributed by atoms with E-state index in [-0.39, 0.29) is 41.4 Å². The fourth-order valence-electron chi connectivity index (χ4n) is 5.50. The SMILES string of the molecule is BC(B)(B)n1cc(C(=O)N[C@H](c2ccc(F)cc2)C2CC2)c2cc(-c3ccn4nc(NC(=O)CN(C)C)nc4c3)ccc21. The summed E-state index contributed by atoms with van der Waals surface area (Å²) in [4.78, 5) is 32.3. The number of hydrogen-bond donors (Lipinski definition) is 2. The lowest BCUT2D eigenvalue weighted by molar-refractivity contribution is -0.116. The van der Waals surface area contributed by atoms with Crippen molar-refractivity contribution in [2.75, 3.05) is 26.0 Å². The van der Waals surface area contributed by atoms with Gasteiger partial charge in [0, 0.05) is 23.3 Å². The quantitative estimate of drug-likeness (QED) is 0.259. The Bertz CT molecular complexity index is 1840. The van der Waals surface area contributed by atoms with Crippen molar-refractivity contribution < 1.29 is 14.0 Å². The fraction of sp³-hybridized carbons (Fsp3) is 0.267. The Balaban J connectivity index is 1.35. The fourth-order valence-corrected chi connectivity index (χ4v) is 5.50. The summed E-state index contributed by atoms with van der Waals surface area (Å²) in [6.07, 6.45) is 5.80.